The van der Waals surface area contributed by atoms with E-state index in [1.165, 1.54) is 28.4 Å². The van der Waals surface area contributed by atoms with Crippen LogP contribution in [0.4, 0.5) is 0 Å². The number of rotatable bonds is 13. The smallest absolute Gasteiger partial charge is 0.328 e. The van der Waals surface area contributed by atoms with E-state index in [2.05, 4.69) is 10.8 Å². The minimum Gasteiger partial charge on any atom is -0.493 e. The maximum Gasteiger partial charge on any atom is 0.328 e. The minimum atomic E-state index is -0.971. The van der Waals surface area contributed by atoms with Gasteiger partial charge in [-0.1, -0.05) is 50.3 Å². The van der Waals surface area contributed by atoms with E-state index < -0.39 is 17.9 Å². The fourth-order valence-corrected chi connectivity index (χ4v) is 3.32. The summed E-state index contributed by atoms with van der Waals surface area (Å²) in [6.07, 6.45) is 1.85. The van der Waals surface area contributed by atoms with E-state index in [4.69, 9.17) is 23.8 Å². The number of allylic oxidation sites excluding steroid dienone is 1. The van der Waals surface area contributed by atoms with E-state index in [0.29, 0.717) is 22.8 Å². The van der Waals surface area contributed by atoms with Crippen LogP contribution in [-0.4, -0.2) is 46.4 Å². The first-order chi connectivity index (χ1) is 16.8. The molecule has 0 aromatic heterocycles. The number of esters is 1. The molecule has 0 heterocycles. The number of benzene rings is 2. The summed E-state index contributed by atoms with van der Waals surface area (Å²) in [5, 5.41) is 2.74. The molecule has 1 amide bonds. The third kappa shape index (κ3) is 8.22. The maximum atomic E-state index is 13.1. The van der Waals surface area contributed by atoms with Gasteiger partial charge in [-0.15, -0.1) is 0 Å². The highest BCUT2D eigenvalue weighted by Crippen LogP contribution is 2.38. The van der Waals surface area contributed by atoms with Gasteiger partial charge in [0.05, 0.1) is 35.0 Å². The molecular formula is C26H34N2O7. The van der Waals surface area contributed by atoms with Crippen molar-refractivity contribution in [3.05, 3.63) is 65.4 Å². The van der Waals surface area contributed by atoms with Gasteiger partial charge < -0.3 is 24.3 Å². The molecule has 35 heavy (non-hydrogen) atoms. The molecule has 0 spiro atoms. The van der Waals surface area contributed by atoms with E-state index in [0.717, 1.165) is 5.56 Å². The van der Waals surface area contributed by atoms with Crippen LogP contribution in [0.1, 0.15) is 25.0 Å². The largest absolute Gasteiger partial charge is 0.493 e. The van der Waals surface area contributed by atoms with Gasteiger partial charge in [-0.05, 0) is 29.2 Å². The third-order valence-electron chi connectivity index (χ3n) is 4.96. The van der Waals surface area contributed by atoms with Gasteiger partial charge in [0.15, 0.2) is 11.5 Å². The fraction of sp³-hybridized carbons (Fsp3) is 0.385. The van der Waals surface area contributed by atoms with Gasteiger partial charge in [-0.3, -0.25) is 15.1 Å². The Labute approximate surface area is 206 Å². The molecular weight excluding hydrogens is 452 g/mol. The quantitative estimate of drug-likeness (QED) is 0.253. The van der Waals surface area contributed by atoms with Crippen molar-refractivity contribution >= 4 is 11.9 Å². The Balaban J connectivity index is 2.20. The molecule has 2 aromatic rings. The topological polar surface area (TPSA) is 104 Å². The summed E-state index contributed by atoms with van der Waals surface area (Å²) >= 11 is 0. The Morgan fingerprint density at radius 3 is 2.06 bits per heavy atom. The lowest BCUT2D eigenvalue weighted by Crippen LogP contribution is -2.45. The van der Waals surface area contributed by atoms with Crippen molar-refractivity contribution < 1.29 is 33.4 Å². The van der Waals surface area contributed by atoms with E-state index in [1.807, 2.05) is 44.2 Å². The first-order valence-corrected chi connectivity index (χ1v) is 11.1. The van der Waals surface area contributed by atoms with Crippen LogP contribution in [0.15, 0.2) is 54.2 Å². The van der Waals surface area contributed by atoms with Crippen LogP contribution in [-0.2, 0) is 32.2 Å². The van der Waals surface area contributed by atoms with Gasteiger partial charge in [-0.2, -0.15) is 0 Å². The lowest BCUT2D eigenvalue weighted by molar-refractivity contribution is -0.144. The monoisotopic (exact) mass is 486 g/mol. The Kier molecular flexibility index (Phi) is 10.9. The summed E-state index contributed by atoms with van der Waals surface area (Å²) in [6.45, 7) is 4.12. The highest BCUT2D eigenvalue weighted by atomic mass is 16.6. The molecule has 9 nitrogen and oxygen atoms in total. The van der Waals surface area contributed by atoms with Gasteiger partial charge in [-0.25, -0.2) is 4.79 Å². The Bertz CT molecular complexity index is 981. The summed E-state index contributed by atoms with van der Waals surface area (Å²) < 4.78 is 21.1. The molecule has 2 N–H and O–H groups in total. The predicted molar refractivity (Wildman–Crippen MR) is 131 cm³/mol. The van der Waals surface area contributed by atoms with Crippen LogP contribution in [0.25, 0.3) is 0 Å². The van der Waals surface area contributed by atoms with E-state index in [1.54, 1.807) is 18.2 Å². The molecule has 0 bridgehead atoms. The Hall–Kier alpha value is -3.72. The van der Waals surface area contributed by atoms with E-state index >= 15 is 0 Å². The Morgan fingerprint density at radius 2 is 1.54 bits per heavy atom. The second-order valence-electron chi connectivity index (χ2n) is 7.99. The number of hydrogen-bond donors (Lipinski definition) is 2. The van der Waals surface area contributed by atoms with Gasteiger partial charge in [0.2, 0.25) is 5.75 Å². The van der Waals surface area contributed by atoms with E-state index in [-0.39, 0.29) is 24.6 Å². The fourth-order valence-electron chi connectivity index (χ4n) is 3.32. The highest BCUT2D eigenvalue weighted by molar-refractivity contribution is 5.95. The van der Waals surface area contributed by atoms with Gasteiger partial charge in [0.1, 0.15) is 11.7 Å². The summed E-state index contributed by atoms with van der Waals surface area (Å²) in [5.74, 6) is 0.256. The maximum absolute atomic E-state index is 13.1. The molecule has 0 fully saturated rings. The zero-order chi connectivity index (χ0) is 25.8. The number of methoxy groups -OCH3 is 4. The number of nitrogens with one attached hydrogen (secondary N) is 2. The summed E-state index contributed by atoms with van der Waals surface area (Å²) in [7, 11) is 5.78. The van der Waals surface area contributed by atoms with Crippen LogP contribution >= 0.6 is 0 Å². The molecule has 0 saturated carbocycles. The zero-order valence-corrected chi connectivity index (χ0v) is 21.0. The first kappa shape index (κ1) is 27.5. The van der Waals surface area contributed by atoms with Gasteiger partial charge >= 0.3 is 5.97 Å². The van der Waals surface area contributed by atoms with Crippen molar-refractivity contribution in [1.29, 1.82) is 0 Å². The summed E-state index contributed by atoms with van der Waals surface area (Å²) in [6, 6.07) is 12.0. The van der Waals surface area contributed by atoms with Crippen LogP contribution in [0.3, 0.4) is 0 Å². The van der Waals surface area contributed by atoms with Crippen molar-refractivity contribution in [2.75, 3.05) is 28.4 Å². The molecule has 2 aromatic carbocycles. The van der Waals surface area contributed by atoms with Crippen molar-refractivity contribution in [3.63, 3.8) is 0 Å². The predicted octanol–water partition coefficient (Wildman–Crippen LogP) is 3.17. The second kappa shape index (κ2) is 13.9. The van der Waals surface area contributed by atoms with Gasteiger partial charge in [0.25, 0.3) is 5.91 Å². The molecule has 0 aliphatic carbocycles. The number of hydroxylamine groups is 1. The van der Waals surface area contributed by atoms with Gasteiger partial charge in [0, 0.05) is 6.42 Å². The zero-order valence-electron chi connectivity index (χ0n) is 21.0. The normalized spacial score (nSPS) is 12.0. The van der Waals surface area contributed by atoms with Crippen LogP contribution < -0.4 is 25.0 Å². The van der Waals surface area contributed by atoms with Crippen molar-refractivity contribution in [1.82, 2.24) is 10.8 Å². The number of carbonyl (C=O) groups excluding carboxylic acids is 2. The van der Waals surface area contributed by atoms with Crippen LogP contribution in [0.2, 0.25) is 0 Å². The average Bonchev–Trinajstić information content (AvgIpc) is 2.86. The average molecular weight is 487 g/mol. The number of amides is 1. The molecule has 0 radical (unpaired) electrons. The molecule has 0 aliphatic rings. The third-order valence-corrected chi connectivity index (χ3v) is 4.96. The highest BCUT2D eigenvalue weighted by Gasteiger charge is 2.25. The van der Waals surface area contributed by atoms with Crippen molar-refractivity contribution in [3.8, 4) is 17.2 Å². The molecule has 1 atom stereocenters. The molecule has 2 rings (SSSR count). The lowest BCUT2D eigenvalue weighted by atomic mass is 10.0. The number of ether oxygens (including phenoxy) is 4. The molecule has 0 saturated heterocycles. The second-order valence-corrected chi connectivity index (χ2v) is 7.99. The lowest BCUT2D eigenvalue weighted by Gasteiger charge is -2.20. The summed E-state index contributed by atoms with van der Waals surface area (Å²) in [4.78, 5) is 31.2. The molecule has 0 unspecified atom stereocenters. The Morgan fingerprint density at radius 1 is 0.914 bits per heavy atom. The van der Waals surface area contributed by atoms with Crippen LogP contribution in [0, 0.1) is 5.92 Å². The van der Waals surface area contributed by atoms with Crippen molar-refractivity contribution in [2.45, 2.75) is 32.9 Å². The van der Waals surface area contributed by atoms with Crippen molar-refractivity contribution in [2.24, 2.45) is 5.92 Å². The molecule has 9 heteroatoms. The standard InChI is InChI=1S/C26H34N2O7/c1-17(2)12-20(28-35-16-18-10-8-7-9-11-18)25(29)27-21(26(30)34-6)13-19-14-22(31-3)24(33-5)23(15-19)32-4/h7-12,14-15,17,21,28H,13,16H2,1-6H3,(H,27,29)/t21-/m0/s1. The number of hydrogen-bond acceptors (Lipinski definition) is 8. The van der Waals surface area contributed by atoms with Crippen LogP contribution in [0.5, 0.6) is 17.2 Å². The first-order valence-electron chi connectivity index (χ1n) is 11.1. The van der Waals surface area contributed by atoms with E-state index in [9.17, 15) is 9.59 Å². The summed E-state index contributed by atoms with van der Waals surface area (Å²) in [5.41, 5.74) is 4.53. The molecule has 0 aliphatic heterocycles. The molecule has 190 valence electrons. The minimum absolute atomic E-state index is 0.0512. The SMILES string of the molecule is COC(=O)[C@H](Cc1cc(OC)c(OC)c(OC)c1)NC(=O)C(=CC(C)C)NOCc1ccccc1. The number of carbonyl (C=O) groups is 2.